The first-order valence-corrected chi connectivity index (χ1v) is 9.47. The predicted octanol–water partition coefficient (Wildman–Crippen LogP) is 2.19. The van der Waals surface area contributed by atoms with Crippen LogP contribution in [0.3, 0.4) is 0 Å². The lowest BCUT2D eigenvalue weighted by atomic mass is 9.84. The minimum atomic E-state index is -0.930. The van der Waals surface area contributed by atoms with E-state index in [9.17, 15) is 5.11 Å². The molecule has 0 aliphatic carbocycles. The van der Waals surface area contributed by atoms with Crippen LogP contribution in [0.5, 0.6) is 11.5 Å². The van der Waals surface area contributed by atoms with Crippen LogP contribution in [0.2, 0.25) is 0 Å². The maximum Gasteiger partial charge on any atom is 0.254 e. The van der Waals surface area contributed by atoms with Crippen molar-refractivity contribution in [2.45, 2.75) is 31.8 Å². The fourth-order valence-corrected chi connectivity index (χ4v) is 3.72. The third kappa shape index (κ3) is 3.24. The van der Waals surface area contributed by atoms with E-state index in [1.807, 2.05) is 18.2 Å². The molecule has 1 aliphatic rings. The molecular formula is C20H25N5O3. The summed E-state index contributed by atoms with van der Waals surface area (Å²) in [4.78, 5) is 11.0. The van der Waals surface area contributed by atoms with Gasteiger partial charge in [-0.15, -0.1) is 0 Å². The third-order valence-corrected chi connectivity index (χ3v) is 5.45. The summed E-state index contributed by atoms with van der Waals surface area (Å²) in [6.45, 7) is 3.46. The Morgan fingerprint density at radius 3 is 2.36 bits per heavy atom. The van der Waals surface area contributed by atoms with Gasteiger partial charge in [0.2, 0.25) is 0 Å². The van der Waals surface area contributed by atoms with Gasteiger partial charge in [0.15, 0.2) is 0 Å². The highest BCUT2D eigenvalue weighted by molar-refractivity contribution is 5.49. The Bertz CT molecular complexity index is 957. The van der Waals surface area contributed by atoms with Crippen LogP contribution in [0.15, 0.2) is 30.6 Å². The zero-order chi connectivity index (χ0) is 19.7. The number of anilines is 1. The molecule has 0 bridgehead atoms. The molecule has 0 atom stereocenters. The third-order valence-electron chi connectivity index (χ3n) is 5.45. The number of rotatable bonds is 5. The van der Waals surface area contributed by atoms with Crippen LogP contribution in [-0.2, 0) is 12.0 Å². The van der Waals surface area contributed by atoms with Gasteiger partial charge in [0, 0.05) is 30.9 Å². The molecule has 4 rings (SSSR count). The quantitative estimate of drug-likeness (QED) is 0.723. The Labute approximate surface area is 163 Å². The van der Waals surface area contributed by atoms with E-state index in [-0.39, 0.29) is 0 Å². The van der Waals surface area contributed by atoms with E-state index in [1.165, 1.54) is 6.33 Å². The van der Waals surface area contributed by atoms with Crippen LogP contribution in [0.4, 0.5) is 5.82 Å². The summed E-state index contributed by atoms with van der Waals surface area (Å²) in [6, 6.07) is 7.64. The van der Waals surface area contributed by atoms with Crippen molar-refractivity contribution in [3.63, 3.8) is 0 Å². The highest BCUT2D eigenvalue weighted by Gasteiger charge is 2.35. The second-order valence-electron chi connectivity index (χ2n) is 7.05. The molecule has 8 heteroatoms. The van der Waals surface area contributed by atoms with Crippen molar-refractivity contribution in [3.8, 4) is 11.5 Å². The van der Waals surface area contributed by atoms with Crippen molar-refractivity contribution in [1.29, 1.82) is 0 Å². The molecule has 28 heavy (non-hydrogen) atoms. The summed E-state index contributed by atoms with van der Waals surface area (Å²) >= 11 is 0. The Kier molecular flexibility index (Phi) is 4.80. The molecule has 0 amide bonds. The van der Waals surface area contributed by atoms with Crippen LogP contribution in [0.1, 0.15) is 31.0 Å². The summed E-state index contributed by atoms with van der Waals surface area (Å²) in [6.07, 6.45) is 3.53. The first-order valence-electron chi connectivity index (χ1n) is 9.47. The van der Waals surface area contributed by atoms with Crippen LogP contribution in [0, 0.1) is 0 Å². The summed E-state index contributed by atoms with van der Waals surface area (Å²) in [5, 5.41) is 15.7. The van der Waals surface area contributed by atoms with Crippen molar-refractivity contribution in [3.05, 3.63) is 41.9 Å². The average molecular weight is 383 g/mol. The van der Waals surface area contributed by atoms with E-state index in [1.54, 1.807) is 18.7 Å². The second kappa shape index (κ2) is 7.27. The lowest BCUT2D eigenvalue weighted by Gasteiger charge is -2.39. The van der Waals surface area contributed by atoms with Gasteiger partial charge in [-0.3, -0.25) is 0 Å². The number of aromatic nitrogens is 4. The summed E-state index contributed by atoms with van der Waals surface area (Å²) in [7, 11) is 3.23. The van der Waals surface area contributed by atoms with Crippen molar-refractivity contribution in [2.24, 2.45) is 0 Å². The molecule has 1 fully saturated rings. The van der Waals surface area contributed by atoms with Crippen LogP contribution < -0.4 is 14.4 Å². The molecule has 0 spiro atoms. The van der Waals surface area contributed by atoms with Crippen LogP contribution >= 0.6 is 0 Å². The highest BCUT2D eigenvalue weighted by Crippen LogP contribution is 2.38. The van der Waals surface area contributed by atoms with Gasteiger partial charge in [-0.2, -0.15) is 14.6 Å². The number of fused-ring (bicyclic) bond motifs is 1. The molecular weight excluding hydrogens is 358 g/mol. The number of benzene rings is 1. The molecule has 1 N–H and O–H groups in total. The van der Waals surface area contributed by atoms with Gasteiger partial charge < -0.3 is 19.5 Å². The first kappa shape index (κ1) is 18.5. The monoisotopic (exact) mass is 383 g/mol. The first-order chi connectivity index (χ1) is 13.6. The van der Waals surface area contributed by atoms with Gasteiger partial charge in [0.1, 0.15) is 23.6 Å². The Hall–Kier alpha value is -2.87. The van der Waals surface area contributed by atoms with E-state index in [0.29, 0.717) is 43.2 Å². The highest BCUT2D eigenvalue weighted by atomic mass is 16.5. The largest absolute Gasteiger partial charge is 0.497 e. The molecule has 8 nitrogen and oxygen atoms in total. The van der Waals surface area contributed by atoms with Crippen molar-refractivity contribution < 1.29 is 14.6 Å². The molecule has 0 saturated carbocycles. The summed E-state index contributed by atoms with van der Waals surface area (Å²) in [5.74, 6) is 2.92. The standard InChI is InChI=1S/C20H25N5O3/c1-4-15-11-18(25-19(23-15)21-13-22-25)24-7-5-20(26,6-8-24)14-9-16(27-2)12-17(10-14)28-3/h9-13,26H,4-8H2,1-3H3. The lowest BCUT2D eigenvalue weighted by molar-refractivity contribution is 0.0112. The van der Waals surface area contributed by atoms with Gasteiger partial charge in [-0.25, -0.2) is 4.98 Å². The Morgan fingerprint density at radius 2 is 1.75 bits per heavy atom. The molecule has 1 aromatic carbocycles. The zero-order valence-electron chi connectivity index (χ0n) is 16.4. The van der Waals surface area contributed by atoms with Crippen molar-refractivity contribution >= 4 is 11.6 Å². The second-order valence-corrected chi connectivity index (χ2v) is 7.05. The fourth-order valence-electron chi connectivity index (χ4n) is 3.72. The number of hydrogen-bond donors (Lipinski definition) is 1. The zero-order valence-corrected chi connectivity index (χ0v) is 16.4. The number of methoxy groups -OCH3 is 2. The smallest absolute Gasteiger partial charge is 0.254 e. The van der Waals surface area contributed by atoms with Gasteiger partial charge in [0.05, 0.1) is 19.8 Å². The summed E-state index contributed by atoms with van der Waals surface area (Å²) < 4.78 is 12.5. The number of aryl methyl sites for hydroxylation is 1. The number of aliphatic hydroxyl groups is 1. The molecule has 0 unspecified atom stereocenters. The molecule has 3 aromatic rings. The molecule has 2 aromatic heterocycles. The van der Waals surface area contributed by atoms with Gasteiger partial charge in [-0.1, -0.05) is 6.92 Å². The maximum absolute atomic E-state index is 11.3. The van der Waals surface area contributed by atoms with E-state index >= 15 is 0 Å². The lowest BCUT2D eigenvalue weighted by Crippen LogP contribution is -2.43. The molecule has 148 valence electrons. The summed E-state index contributed by atoms with van der Waals surface area (Å²) in [5.41, 5.74) is 0.868. The fraction of sp³-hybridized carbons (Fsp3) is 0.450. The minimum absolute atomic E-state index is 0.587. The van der Waals surface area contributed by atoms with Crippen molar-refractivity contribution in [2.75, 3.05) is 32.2 Å². The minimum Gasteiger partial charge on any atom is -0.497 e. The van der Waals surface area contributed by atoms with Gasteiger partial charge >= 0.3 is 0 Å². The van der Waals surface area contributed by atoms with Crippen LogP contribution in [-0.4, -0.2) is 52.0 Å². The molecule has 1 aliphatic heterocycles. The van der Waals surface area contributed by atoms with E-state index in [0.717, 1.165) is 23.5 Å². The molecule has 1 saturated heterocycles. The normalized spacial score (nSPS) is 16.4. The van der Waals surface area contributed by atoms with E-state index < -0.39 is 5.60 Å². The van der Waals surface area contributed by atoms with Crippen molar-refractivity contribution in [1.82, 2.24) is 19.6 Å². The van der Waals surface area contributed by atoms with E-state index in [2.05, 4.69) is 33.0 Å². The van der Waals surface area contributed by atoms with E-state index in [4.69, 9.17) is 9.47 Å². The van der Waals surface area contributed by atoms with Crippen LogP contribution in [0.25, 0.3) is 5.78 Å². The number of hydrogen-bond acceptors (Lipinski definition) is 7. The number of piperidine rings is 1. The Balaban J connectivity index is 1.61. The van der Waals surface area contributed by atoms with Gasteiger partial charge in [0.25, 0.3) is 5.78 Å². The average Bonchev–Trinajstić information content (AvgIpc) is 3.22. The number of ether oxygens (including phenoxy) is 2. The molecule has 0 radical (unpaired) electrons. The predicted molar refractivity (Wildman–Crippen MR) is 105 cm³/mol. The Morgan fingerprint density at radius 1 is 1.07 bits per heavy atom. The topological polar surface area (TPSA) is 85.0 Å². The maximum atomic E-state index is 11.3. The molecule has 3 heterocycles. The number of nitrogens with zero attached hydrogens (tertiary/aromatic N) is 5. The SMILES string of the molecule is CCc1cc(N2CCC(O)(c3cc(OC)cc(OC)c3)CC2)n2ncnc2n1. The van der Waals surface area contributed by atoms with Gasteiger partial charge in [-0.05, 0) is 37.0 Å².